The van der Waals surface area contributed by atoms with Crippen LogP contribution in [0.3, 0.4) is 0 Å². The van der Waals surface area contributed by atoms with Crippen LogP contribution in [0.25, 0.3) is 0 Å². The maximum Gasteiger partial charge on any atom is 0.128 e. The van der Waals surface area contributed by atoms with E-state index in [4.69, 9.17) is 10.7 Å². The Hall–Kier alpha value is -1.25. The molecule has 108 valence electrons. The zero-order valence-electron chi connectivity index (χ0n) is 12.5. The predicted octanol–water partition coefficient (Wildman–Crippen LogP) is 3.23. The number of hydrogen-bond donors (Lipinski definition) is 1. The summed E-state index contributed by atoms with van der Waals surface area (Å²) >= 11 is 0. The lowest BCUT2D eigenvalue weighted by Crippen LogP contribution is -2.55. The van der Waals surface area contributed by atoms with Crippen molar-refractivity contribution in [2.24, 2.45) is 23.7 Å². The molecular formula is C17H25N3. The van der Waals surface area contributed by atoms with Gasteiger partial charge in [0, 0.05) is 13.1 Å². The number of nitrogens with two attached hydrogens (primary N) is 1. The van der Waals surface area contributed by atoms with E-state index >= 15 is 0 Å². The van der Waals surface area contributed by atoms with Crippen LogP contribution in [0.1, 0.15) is 37.8 Å². The Labute approximate surface area is 121 Å². The molecule has 1 heterocycles. The van der Waals surface area contributed by atoms with Crippen molar-refractivity contribution in [3.63, 3.8) is 0 Å². The summed E-state index contributed by atoms with van der Waals surface area (Å²) in [5.41, 5.74) is 7.66. The van der Waals surface area contributed by atoms with Gasteiger partial charge in [0.25, 0.3) is 0 Å². The molecule has 1 aromatic rings. The lowest BCUT2D eigenvalue weighted by molar-refractivity contribution is -0.00142. The summed E-state index contributed by atoms with van der Waals surface area (Å²) in [5.74, 6) is 4.97. The highest BCUT2D eigenvalue weighted by molar-refractivity contribution is 5.50. The van der Waals surface area contributed by atoms with Crippen LogP contribution in [-0.2, 0) is 0 Å². The van der Waals surface area contributed by atoms with Crippen molar-refractivity contribution in [2.75, 3.05) is 17.7 Å². The van der Waals surface area contributed by atoms with E-state index < -0.39 is 0 Å². The van der Waals surface area contributed by atoms with E-state index in [1.165, 1.54) is 32.1 Å². The van der Waals surface area contributed by atoms with Gasteiger partial charge in [0.2, 0.25) is 0 Å². The van der Waals surface area contributed by atoms with Crippen LogP contribution < -0.4 is 10.6 Å². The largest absolute Gasteiger partial charge is 0.397 e. The van der Waals surface area contributed by atoms with Crippen molar-refractivity contribution in [3.05, 3.63) is 17.8 Å². The van der Waals surface area contributed by atoms with Gasteiger partial charge in [0.15, 0.2) is 0 Å². The SMILES string of the molecule is Cc1nc(N(C)C2C3CC4CC(C3)CC2C4)ccc1N. The maximum absolute atomic E-state index is 5.90. The highest BCUT2D eigenvalue weighted by Gasteiger charge is 2.49. The number of aryl methyl sites for hydroxylation is 1. The summed E-state index contributed by atoms with van der Waals surface area (Å²) in [7, 11) is 2.24. The summed E-state index contributed by atoms with van der Waals surface area (Å²) in [6.45, 7) is 2.00. The fourth-order valence-corrected chi connectivity index (χ4v) is 5.44. The van der Waals surface area contributed by atoms with Crippen molar-refractivity contribution in [1.29, 1.82) is 0 Å². The molecule has 4 saturated carbocycles. The molecule has 0 aliphatic heterocycles. The minimum absolute atomic E-state index is 0.707. The van der Waals surface area contributed by atoms with Crippen LogP contribution in [0.4, 0.5) is 11.5 Å². The van der Waals surface area contributed by atoms with E-state index in [9.17, 15) is 0 Å². The number of anilines is 2. The molecule has 4 fully saturated rings. The van der Waals surface area contributed by atoms with Gasteiger partial charge in [-0.15, -0.1) is 0 Å². The number of nitrogens with zero attached hydrogens (tertiary/aromatic N) is 2. The number of hydrogen-bond acceptors (Lipinski definition) is 3. The fourth-order valence-electron chi connectivity index (χ4n) is 5.44. The highest BCUT2D eigenvalue weighted by atomic mass is 15.2. The summed E-state index contributed by atoms with van der Waals surface area (Å²) in [4.78, 5) is 7.16. The number of rotatable bonds is 2. The number of nitrogen functional groups attached to an aromatic ring is 1. The standard InChI is InChI=1S/C17H25N3/c1-10-15(18)3-4-16(19-10)20(2)17-13-6-11-5-12(8-13)9-14(17)7-11/h3-4,11-14,17H,5-9,18H2,1-2H3. The summed E-state index contributed by atoms with van der Waals surface area (Å²) in [5, 5.41) is 0. The van der Waals surface area contributed by atoms with Gasteiger partial charge in [-0.05, 0) is 74.8 Å². The van der Waals surface area contributed by atoms with Crippen molar-refractivity contribution < 1.29 is 0 Å². The monoisotopic (exact) mass is 271 g/mol. The number of aromatic nitrogens is 1. The van der Waals surface area contributed by atoms with E-state index in [1.807, 2.05) is 13.0 Å². The summed E-state index contributed by atoms with van der Waals surface area (Å²) in [6, 6.07) is 4.80. The molecule has 0 amide bonds. The molecule has 4 bridgehead atoms. The van der Waals surface area contributed by atoms with Gasteiger partial charge in [0.05, 0.1) is 11.4 Å². The van der Waals surface area contributed by atoms with Gasteiger partial charge < -0.3 is 10.6 Å². The molecule has 4 aliphatic rings. The van der Waals surface area contributed by atoms with Gasteiger partial charge in [-0.1, -0.05) is 0 Å². The van der Waals surface area contributed by atoms with Crippen LogP contribution in [-0.4, -0.2) is 18.1 Å². The number of pyridine rings is 1. The molecule has 0 unspecified atom stereocenters. The smallest absolute Gasteiger partial charge is 0.128 e. The normalized spacial score (nSPS) is 38.2. The Morgan fingerprint density at radius 3 is 2.20 bits per heavy atom. The molecule has 0 spiro atoms. The van der Waals surface area contributed by atoms with Crippen molar-refractivity contribution in [3.8, 4) is 0 Å². The van der Waals surface area contributed by atoms with Crippen molar-refractivity contribution >= 4 is 11.5 Å². The molecule has 4 aliphatic carbocycles. The molecule has 1 aromatic heterocycles. The Balaban J connectivity index is 1.62. The zero-order valence-corrected chi connectivity index (χ0v) is 12.5. The first-order valence-corrected chi connectivity index (χ1v) is 8.07. The molecule has 0 atom stereocenters. The quantitative estimate of drug-likeness (QED) is 0.898. The van der Waals surface area contributed by atoms with E-state index in [1.54, 1.807) is 0 Å². The van der Waals surface area contributed by atoms with E-state index in [-0.39, 0.29) is 0 Å². The second-order valence-corrected chi connectivity index (χ2v) is 7.38. The van der Waals surface area contributed by atoms with Crippen LogP contribution in [0, 0.1) is 30.6 Å². The van der Waals surface area contributed by atoms with Crippen LogP contribution in [0.5, 0.6) is 0 Å². The minimum atomic E-state index is 0.707. The molecular weight excluding hydrogens is 246 g/mol. The lowest BCUT2D eigenvalue weighted by atomic mass is 9.54. The third-order valence-electron chi connectivity index (χ3n) is 6.10. The molecule has 3 heteroatoms. The predicted molar refractivity (Wildman–Crippen MR) is 82.6 cm³/mol. The molecule has 3 nitrogen and oxygen atoms in total. The Morgan fingerprint density at radius 2 is 1.65 bits per heavy atom. The lowest BCUT2D eigenvalue weighted by Gasteiger charge is -2.56. The molecule has 2 N–H and O–H groups in total. The van der Waals surface area contributed by atoms with Gasteiger partial charge in [-0.2, -0.15) is 0 Å². The third kappa shape index (κ3) is 1.82. The molecule has 0 radical (unpaired) electrons. The minimum Gasteiger partial charge on any atom is -0.397 e. The Bertz CT molecular complexity index is 497. The summed E-state index contributed by atoms with van der Waals surface area (Å²) in [6.07, 6.45) is 7.33. The maximum atomic E-state index is 5.90. The third-order valence-corrected chi connectivity index (χ3v) is 6.10. The van der Waals surface area contributed by atoms with Crippen LogP contribution in [0.15, 0.2) is 12.1 Å². The highest BCUT2D eigenvalue weighted by Crippen LogP contribution is 2.55. The molecule has 0 aromatic carbocycles. The average Bonchev–Trinajstić information content (AvgIpc) is 2.40. The average molecular weight is 271 g/mol. The van der Waals surface area contributed by atoms with Gasteiger partial charge in [0.1, 0.15) is 5.82 Å². The van der Waals surface area contributed by atoms with Crippen molar-refractivity contribution in [2.45, 2.75) is 45.1 Å². The first kappa shape index (κ1) is 12.5. The first-order chi connectivity index (χ1) is 9.61. The van der Waals surface area contributed by atoms with E-state index in [0.717, 1.165) is 40.9 Å². The summed E-state index contributed by atoms with van der Waals surface area (Å²) < 4.78 is 0. The second kappa shape index (κ2) is 4.37. The Morgan fingerprint density at radius 1 is 1.05 bits per heavy atom. The zero-order chi connectivity index (χ0) is 13.9. The molecule has 20 heavy (non-hydrogen) atoms. The first-order valence-electron chi connectivity index (χ1n) is 8.07. The molecule has 5 rings (SSSR count). The second-order valence-electron chi connectivity index (χ2n) is 7.38. The van der Waals surface area contributed by atoms with Crippen LogP contribution in [0.2, 0.25) is 0 Å². The molecule has 0 saturated heterocycles. The van der Waals surface area contributed by atoms with Gasteiger partial charge in [-0.25, -0.2) is 4.98 Å². The fraction of sp³-hybridized carbons (Fsp3) is 0.706. The Kier molecular flexibility index (Phi) is 2.73. The van der Waals surface area contributed by atoms with E-state index in [2.05, 4.69) is 18.0 Å². The topological polar surface area (TPSA) is 42.2 Å². The van der Waals surface area contributed by atoms with Crippen molar-refractivity contribution in [1.82, 2.24) is 4.98 Å². The van der Waals surface area contributed by atoms with Gasteiger partial charge >= 0.3 is 0 Å². The van der Waals surface area contributed by atoms with Crippen LogP contribution >= 0.6 is 0 Å². The van der Waals surface area contributed by atoms with E-state index in [0.29, 0.717) is 6.04 Å². The van der Waals surface area contributed by atoms with Gasteiger partial charge in [-0.3, -0.25) is 0 Å².